The van der Waals surface area contributed by atoms with E-state index >= 15 is 0 Å². The Hall–Kier alpha value is -0.120. The van der Waals surface area contributed by atoms with Crippen LogP contribution in [0.3, 0.4) is 0 Å². The smallest absolute Gasteiger partial charge is 0.0159 e. The van der Waals surface area contributed by atoms with E-state index in [0.717, 1.165) is 5.92 Å². The van der Waals surface area contributed by atoms with Crippen LogP contribution in [-0.2, 0) is 0 Å². The van der Waals surface area contributed by atoms with Crippen molar-refractivity contribution >= 4 is 0 Å². The third-order valence-corrected chi connectivity index (χ3v) is 9.30. The second-order valence-corrected chi connectivity index (χ2v) is 14.9. The van der Waals surface area contributed by atoms with Gasteiger partial charge >= 0.3 is 0 Å². The van der Waals surface area contributed by atoms with Crippen molar-refractivity contribution in [2.45, 2.75) is 153 Å². The van der Waals surface area contributed by atoms with Crippen LogP contribution in [0.5, 0.6) is 0 Å². The largest absolute Gasteiger partial charge is 0.298 e. The van der Waals surface area contributed by atoms with Gasteiger partial charge in [-0.15, -0.1) is 0 Å². The number of rotatable bonds is 8. The van der Waals surface area contributed by atoms with Crippen LogP contribution in [0.1, 0.15) is 136 Å². The molecule has 212 valence electrons. The van der Waals surface area contributed by atoms with Crippen molar-refractivity contribution in [3.63, 3.8) is 0 Å². The van der Waals surface area contributed by atoms with E-state index in [1.807, 2.05) is 13.8 Å². The molecule has 35 heavy (non-hydrogen) atoms. The molecule has 0 aromatic carbocycles. The highest BCUT2D eigenvalue weighted by atomic mass is 15.3. The minimum absolute atomic E-state index is 0. The van der Waals surface area contributed by atoms with Crippen LogP contribution >= 0.6 is 0 Å². The Balaban J connectivity index is 0.00000375. The van der Waals surface area contributed by atoms with E-state index in [4.69, 9.17) is 0 Å². The summed E-state index contributed by atoms with van der Waals surface area (Å²) in [6, 6.07) is 0. The molecule has 3 nitrogen and oxygen atoms in total. The molecule has 2 heterocycles. The summed E-state index contributed by atoms with van der Waals surface area (Å²) in [4.78, 5) is 8.23. The second-order valence-electron chi connectivity index (χ2n) is 14.9. The zero-order valence-electron chi connectivity index (χ0n) is 26.2. The van der Waals surface area contributed by atoms with Crippen molar-refractivity contribution in [1.82, 2.24) is 14.7 Å². The molecule has 0 amide bonds. The summed E-state index contributed by atoms with van der Waals surface area (Å²) in [5.41, 5.74) is 1.70. The van der Waals surface area contributed by atoms with Gasteiger partial charge in [-0.1, -0.05) is 62.3 Å². The SMILES string of the molecule is C.CC.CCC(C)(C)CC(C)(C)N1CCC(C(C)(C)CC(C)(C)N2CCN(C(C)(C)C)CC2)CC1. The van der Waals surface area contributed by atoms with Crippen LogP contribution in [0.25, 0.3) is 0 Å². The molecule has 0 bridgehead atoms. The fourth-order valence-electron chi connectivity index (χ4n) is 7.03. The summed E-state index contributed by atoms with van der Waals surface area (Å²) in [6.45, 7) is 40.7. The average Bonchev–Trinajstić information content (AvgIpc) is 2.73. The van der Waals surface area contributed by atoms with Gasteiger partial charge in [-0.25, -0.2) is 0 Å². The maximum atomic E-state index is 2.80. The highest BCUT2D eigenvalue weighted by Crippen LogP contribution is 2.44. The predicted octanol–water partition coefficient (Wildman–Crippen LogP) is 8.58. The highest BCUT2D eigenvalue weighted by Gasteiger charge is 2.42. The van der Waals surface area contributed by atoms with Gasteiger partial charge in [0.1, 0.15) is 0 Å². The Labute approximate surface area is 223 Å². The van der Waals surface area contributed by atoms with Crippen LogP contribution in [-0.4, -0.2) is 70.6 Å². The van der Waals surface area contributed by atoms with E-state index in [2.05, 4.69) is 97.8 Å². The van der Waals surface area contributed by atoms with E-state index in [9.17, 15) is 0 Å². The number of nitrogens with zero attached hydrogens (tertiary/aromatic N) is 3. The van der Waals surface area contributed by atoms with E-state index in [1.54, 1.807) is 0 Å². The lowest BCUT2D eigenvalue weighted by Crippen LogP contribution is -2.59. The Morgan fingerprint density at radius 1 is 0.571 bits per heavy atom. The normalized spacial score (nSPS) is 20.7. The Bertz CT molecular complexity index is 580. The zero-order chi connectivity index (χ0) is 26.6. The van der Waals surface area contributed by atoms with E-state index in [0.29, 0.717) is 21.9 Å². The fourth-order valence-corrected chi connectivity index (χ4v) is 7.03. The maximum Gasteiger partial charge on any atom is 0.0159 e. The van der Waals surface area contributed by atoms with Gasteiger partial charge in [0, 0.05) is 42.8 Å². The van der Waals surface area contributed by atoms with E-state index < -0.39 is 0 Å². The van der Waals surface area contributed by atoms with Crippen LogP contribution < -0.4 is 0 Å². The Morgan fingerprint density at radius 2 is 0.943 bits per heavy atom. The monoisotopic (exact) mass is 496 g/mol. The summed E-state index contributed by atoms with van der Waals surface area (Å²) in [6.07, 6.45) is 6.57. The van der Waals surface area contributed by atoms with Crippen molar-refractivity contribution in [2.75, 3.05) is 39.3 Å². The molecule has 0 N–H and O–H groups in total. The van der Waals surface area contributed by atoms with E-state index in [1.165, 1.54) is 71.4 Å². The first-order valence-electron chi connectivity index (χ1n) is 14.6. The molecule has 0 aliphatic carbocycles. The quantitative estimate of drug-likeness (QED) is 0.334. The van der Waals surface area contributed by atoms with Gasteiger partial charge in [-0.3, -0.25) is 14.7 Å². The van der Waals surface area contributed by atoms with Gasteiger partial charge in [0.2, 0.25) is 0 Å². The van der Waals surface area contributed by atoms with Crippen molar-refractivity contribution in [3.05, 3.63) is 0 Å². The lowest BCUT2D eigenvalue weighted by atomic mass is 9.67. The first-order chi connectivity index (χ1) is 15.4. The second kappa shape index (κ2) is 13.1. The molecule has 3 heteroatoms. The highest BCUT2D eigenvalue weighted by molar-refractivity contribution is 4.97. The van der Waals surface area contributed by atoms with Gasteiger partial charge < -0.3 is 0 Å². The third-order valence-electron chi connectivity index (χ3n) is 9.30. The molecule has 2 fully saturated rings. The summed E-state index contributed by atoms with van der Waals surface area (Å²) in [5, 5.41) is 0. The summed E-state index contributed by atoms with van der Waals surface area (Å²) in [7, 11) is 0. The molecule has 2 saturated heterocycles. The molecule has 0 radical (unpaired) electrons. The zero-order valence-corrected chi connectivity index (χ0v) is 26.2. The number of piperidine rings is 1. The van der Waals surface area contributed by atoms with Crippen LogP contribution in [0.4, 0.5) is 0 Å². The summed E-state index contributed by atoms with van der Waals surface area (Å²) in [5.74, 6) is 0.837. The molecule has 0 saturated carbocycles. The van der Waals surface area contributed by atoms with Crippen molar-refractivity contribution < 1.29 is 0 Å². The topological polar surface area (TPSA) is 9.72 Å². The van der Waals surface area contributed by atoms with Crippen molar-refractivity contribution in [3.8, 4) is 0 Å². The minimum Gasteiger partial charge on any atom is -0.298 e. The number of hydrogen-bond acceptors (Lipinski definition) is 3. The van der Waals surface area contributed by atoms with Gasteiger partial charge in [0.05, 0.1) is 0 Å². The third kappa shape index (κ3) is 9.93. The lowest BCUT2D eigenvalue weighted by Gasteiger charge is -2.52. The summed E-state index contributed by atoms with van der Waals surface area (Å²) < 4.78 is 0. The first kappa shape index (κ1) is 34.9. The maximum absolute atomic E-state index is 2.80. The van der Waals surface area contributed by atoms with Crippen molar-refractivity contribution in [1.29, 1.82) is 0 Å². The molecule has 0 atom stereocenters. The molecule has 2 aliphatic rings. The molecule has 2 aliphatic heterocycles. The first-order valence-corrected chi connectivity index (χ1v) is 14.6. The van der Waals surface area contributed by atoms with Gasteiger partial charge in [-0.2, -0.15) is 0 Å². The minimum atomic E-state index is 0. The molecule has 0 aromatic rings. The van der Waals surface area contributed by atoms with E-state index in [-0.39, 0.29) is 13.0 Å². The molecule has 0 unspecified atom stereocenters. The molecule has 0 spiro atoms. The predicted molar refractivity (Wildman–Crippen MR) is 161 cm³/mol. The van der Waals surface area contributed by atoms with Gasteiger partial charge in [0.15, 0.2) is 0 Å². The fraction of sp³-hybridized carbons (Fsp3) is 1.00. The average molecular weight is 496 g/mol. The Morgan fingerprint density at radius 3 is 1.34 bits per heavy atom. The van der Waals surface area contributed by atoms with Gasteiger partial charge in [-0.05, 0) is 104 Å². The summed E-state index contributed by atoms with van der Waals surface area (Å²) >= 11 is 0. The van der Waals surface area contributed by atoms with Gasteiger partial charge in [0.25, 0.3) is 0 Å². The lowest BCUT2D eigenvalue weighted by molar-refractivity contribution is -0.0271. The molecule has 0 aromatic heterocycles. The van der Waals surface area contributed by atoms with Crippen LogP contribution in [0.2, 0.25) is 0 Å². The number of hydrogen-bond donors (Lipinski definition) is 0. The number of piperazine rings is 1. The van der Waals surface area contributed by atoms with Crippen LogP contribution in [0, 0.1) is 16.7 Å². The van der Waals surface area contributed by atoms with Crippen molar-refractivity contribution in [2.24, 2.45) is 16.7 Å². The molecule has 2 rings (SSSR count). The Kier molecular flexibility index (Phi) is 13.1. The standard InChI is InChI=1S/C29H59N3.C2H6.CH4/c1-13-26(5,6)22-28(9,10)31-16-14-24(15-17-31)27(7,8)23-29(11,12)32-20-18-30(19-21-32)25(2,3)4;1-2;/h24H,13-23H2,1-12H3;1-2H3;1H4. The van der Waals surface area contributed by atoms with Crippen LogP contribution in [0.15, 0.2) is 0 Å². The number of likely N-dealkylation sites (tertiary alicyclic amines) is 1. The molecular formula is C32H69N3. The molecular weight excluding hydrogens is 426 g/mol.